The van der Waals surface area contributed by atoms with Crippen molar-refractivity contribution in [3.8, 4) is 11.3 Å². The summed E-state index contributed by atoms with van der Waals surface area (Å²) in [6, 6.07) is 18.6. The molecule has 0 fully saturated rings. The van der Waals surface area contributed by atoms with Crippen molar-refractivity contribution in [3.63, 3.8) is 0 Å². The molecule has 1 heterocycles. The average molecular weight is 379 g/mol. The van der Waals surface area contributed by atoms with Crippen molar-refractivity contribution in [2.24, 2.45) is 0 Å². The van der Waals surface area contributed by atoms with Gasteiger partial charge in [-0.3, -0.25) is 0 Å². The number of nitrogens with zero attached hydrogens (tertiary/aromatic N) is 2. The number of hydrogen-bond donors (Lipinski definition) is 0. The molecule has 0 saturated heterocycles. The van der Waals surface area contributed by atoms with Crippen LogP contribution < -0.4 is 4.90 Å². The van der Waals surface area contributed by atoms with Crippen LogP contribution in [0.15, 0.2) is 59.4 Å². The molecule has 0 atom stereocenters. The number of anilines is 1. The smallest absolute Gasteiger partial charge is 0.0811 e. The number of thiazole rings is 1. The van der Waals surface area contributed by atoms with Crippen LogP contribution in [0, 0.1) is 0 Å². The Hall–Kier alpha value is -2.13. The molecule has 0 amide bonds. The molecular weight excluding hydrogens is 348 g/mol. The molecule has 2 aromatic carbocycles. The van der Waals surface area contributed by atoms with Gasteiger partial charge in [-0.05, 0) is 42.0 Å². The van der Waals surface area contributed by atoms with E-state index in [0.717, 1.165) is 25.1 Å². The van der Waals surface area contributed by atoms with Crippen molar-refractivity contribution < 1.29 is 0 Å². The molecule has 3 heteroatoms. The van der Waals surface area contributed by atoms with E-state index in [1.807, 2.05) is 5.51 Å². The Morgan fingerprint density at radius 2 is 1.59 bits per heavy atom. The molecule has 0 unspecified atom stereocenters. The van der Waals surface area contributed by atoms with Crippen LogP contribution in [0.4, 0.5) is 5.69 Å². The summed E-state index contributed by atoms with van der Waals surface area (Å²) in [5, 5.41) is 2.10. The quantitative estimate of drug-likeness (QED) is 0.414. The van der Waals surface area contributed by atoms with Gasteiger partial charge in [-0.25, -0.2) is 4.98 Å². The molecule has 0 bridgehead atoms. The zero-order valence-corrected chi connectivity index (χ0v) is 17.7. The van der Waals surface area contributed by atoms with Gasteiger partial charge < -0.3 is 4.90 Å². The fourth-order valence-electron chi connectivity index (χ4n) is 3.54. The van der Waals surface area contributed by atoms with Crippen molar-refractivity contribution in [1.29, 1.82) is 0 Å². The Morgan fingerprint density at radius 1 is 0.926 bits per heavy atom. The lowest BCUT2D eigenvalue weighted by Gasteiger charge is -2.33. The fraction of sp³-hybridized carbons (Fsp3) is 0.375. The zero-order chi connectivity index (χ0) is 19.2. The van der Waals surface area contributed by atoms with Crippen molar-refractivity contribution in [3.05, 3.63) is 70.5 Å². The van der Waals surface area contributed by atoms with Gasteiger partial charge >= 0.3 is 0 Å². The molecule has 1 aromatic heterocycles. The monoisotopic (exact) mass is 378 g/mol. The van der Waals surface area contributed by atoms with E-state index in [2.05, 4.69) is 91.5 Å². The van der Waals surface area contributed by atoms with Crippen LogP contribution in [0.5, 0.6) is 0 Å². The standard InChI is InChI=1S/C24H30N2S/c1-5-22(6-2)26(23-13-11-20(12-14-23)18(3)4)15-19-7-9-21(10-8-19)24-16-27-17-25-24/h7-14,16-18,22H,5-6,15H2,1-4H3. The highest BCUT2D eigenvalue weighted by Gasteiger charge is 2.16. The molecule has 0 saturated carbocycles. The third-order valence-corrected chi connectivity index (χ3v) is 5.90. The van der Waals surface area contributed by atoms with E-state index in [1.165, 1.54) is 22.4 Å². The van der Waals surface area contributed by atoms with Crippen molar-refractivity contribution in [2.75, 3.05) is 4.90 Å². The first-order valence-corrected chi connectivity index (χ1v) is 10.9. The lowest BCUT2D eigenvalue weighted by Crippen LogP contribution is -2.34. The van der Waals surface area contributed by atoms with E-state index >= 15 is 0 Å². The minimum absolute atomic E-state index is 0.549. The number of rotatable bonds is 8. The minimum atomic E-state index is 0.549. The summed E-state index contributed by atoms with van der Waals surface area (Å²) in [4.78, 5) is 6.97. The SMILES string of the molecule is CCC(CC)N(Cc1ccc(-c2cscn2)cc1)c1ccc(C(C)C)cc1. The van der Waals surface area contributed by atoms with Crippen LogP contribution in [-0.4, -0.2) is 11.0 Å². The molecule has 0 aliphatic rings. The fourth-order valence-corrected chi connectivity index (χ4v) is 4.11. The van der Waals surface area contributed by atoms with Gasteiger partial charge in [-0.15, -0.1) is 11.3 Å². The number of hydrogen-bond acceptors (Lipinski definition) is 3. The molecule has 142 valence electrons. The predicted octanol–water partition coefficient (Wildman–Crippen LogP) is 7.13. The van der Waals surface area contributed by atoms with Crippen molar-refractivity contribution in [1.82, 2.24) is 4.98 Å². The Bertz CT molecular complexity index is 801. The van der Waals surface area contributed by atoms with E-state index < -0.39 is 0 Å². The molecule has 0 aliphatic carbocycles. The van der Waals surface area contributed by atoms with Gasteiger partial charge in [0.2, 0.25) is 0 Å². The summed E-state index contributed by atoms with van der Waals surface area (Å²) in [6.07, 6.45) is 2.30. The van der Waals surface area contributed by atoms with Gasteiger partial charge in [0.15, 0.2) is 0 Å². The Balaban J connectivity index is 1.83. The summed E-state index contributed by atoms with van der Waals surface area (Å²) in [5.74, 6) is 0.568. The molecule has 2 nitrogen and oxygen atoms in total. The van der Waals surface area contributed by atoms with Gasteiger partial charge in [-0.2, -0.15) is 0 Å². The van der Waals surface area contributed by atoms with Gasteiger partial charge in [0.1, 0.15) is 0 Å². The first-order chi connectivity index (χ1) is 13.1. The van der Waals surface area contributed by atoms with Gasteiger partial charge in [-0.1, -0.05) is 64.1 Å². The van der Waals surface area contributed by atoms with Gasteiger partial charge in [0.05, 0.1) is 11.2 Å². The van der Waals surface area contributed by atoms with E-state index in [4.69, 9.17) is 0 Å². The van der Waals surface area contributed by atoms with E-state index in [-0.39, 0.29) is 0 Å². The summed E-state index contributed by atoms with van der Waals surface area (Å²) in [5.41, 5.74) is 8.20. The number of benzene rings is 2. The molecule has 3 aromatic rings. The second kappa shape index (κ2) is 9.18. The Morgan fingerprint density at radius 3 is 2.11 bits per heavy atom. The van der Waals surface area contributed by atoms with Crippen LogP contribution in [0.2, 0.25) is 0 Å². The van der Waals surface area contributed by atoms with Crippen LogP contribution in [0.25, 0.3) is 11.3 Å². The van der Waals surface area contributed by atoms with E-state index in [0.29, 0.717) is 12.0 Å². The molecule has 3 rings (SSSR count). The molecular formula is C24H30N2S. The number of aromatic nitrogens is 1. The van der Waals surface area contributed by atoms with Crippen LogP contribution in [0.3, 0.4) is 0 Å². The normalized spacial score (nSPS) is 11.3. The molecule has 0 aliphatic heterocycles. The Kier molecular flexibility index (Phi) is 6.68. The maximum atomic E-state index is 4.41. The van der Waals surface area contributed by atoms with E-state index in [9.17, 15) is 0 Å². The first-order valence-electron chi connectivity index (χ1n) is 9.96. The van der Waals surface area contributed by atoms with Crippen LogP contribution in [0.1, 0.15) is 57.6 Å². The van der Waals surface area contributed by atoms with Crippen LogP contribution in [-0.2, 0) is 6.54 Å². The molecule has 0 N–H and O–H groups in total. The molecule has 0 spiro atoms. The third kappa shape index (κ3) is 4.78. The Labute approximate surface area is 167 Å². The first kappa shape index (κ1) is 19.6. The highest BCUT2D eigenvalue weighted by molar-refractivity contribution is 7.07. The maximum Gasteiger partial charge on any atom is 0.0811 e. The lowest BCUT2D eigenvalue weighted by molar-refractivity contribution is 0.554. The van der Waals surface area contributed by atoms with Gasteiger partial charge in [0.25, 0.3) is 0 Å². The summed E-state index contributed by atoms with van der Waals surface area (Å²) in [6.45, 7) is 10.0. The highest BCUT2D eigenvalue weighted by atomic mass is 32.1. The summed E-state index contributed by atoms with van der Waals surface area (Å²) >= 11 is 1.64. The third-order valence-electron chi connectivity index (χ3n) is 5.31. The van der Waals surface area contributed by atoms with E-state index in [1.54, 1.807) is 11.3 Å². The lowest BCUT2D eigenvalue weighted by atomic mass is 10.0. The second-order valence-corrected chi connectivity index (χ2v) is 8.13. The maximum absolute atomic E-state index is 4.41. The molecule has 27 heavy (non-hydrogen) atoms. The second-order valence-electron chi connectivity index (χ2n) is 7.42. The molecule has 0 radical (unpaired) electrons. The predicted molar refractivity (Wildman–Crippen MR) is 119 cm³/mol. The largest absolute Gasteiger partial charge is 0.364 e. The topological polar surface area (TPSA) is 16.1 Å². The highest BCUT2D eigenvalue weighted by Crippen LogP contribution is 2.27. The average Bonchev–Trinajstić information content (AvgIpc) is 3.23. The minimum Gasteiger partial charge on any atom is -0.364 e. The summed E-state index contributed by atoms with van der Waals surface area (Å²) < 4.78 is 0. The van der Waals surface area contributed by atoms with Crippen LogP contribution >= 0.6 is 11.3 Å². The van der Waals surface area contributed by atoms with Crippen molar-refractivity contribution >= 4 is 17.0 Å². The summed E-state index contributed by atoms with van der Waals surface area (Å²) in [7, 11) is 0. The van der Waals surface area contributed by atoms with Gasteiger partial charge in [0, 0.05) is 29.2 Å². The van der Waals surface area contributed by atoms with Crippen molar-refractivity contribution in [2.45, 2.75) is 59.0 Å². The zero-order valence-electron chi connectivity index (χ0n) is 16.9.